The molecule has 1 saturated heterocycles. The molecule has 0 bridgehead atoms. The van der Waals surface area contributed by atoms with Gasteiger partial charge in [0.05, 0.1) is 25.4 Å². The van der Waals surface area contributed by atoms with E-state index in [1.54, 1.807) is 6.08 Å². The second-order valence-corrected chi connectivity index (χ2v) is 6.15. The van der Waals surface area contributed by atoms with E-state index >= 15 is 0 Å². The highest BCUT2D eigenvalue weighted by Crippen LogP contribution is 2.34. The number of carbonyl (C=O) groups excluding carboxylic acids is 1. The molecular weight excluding hydrogens is 266 g/mol. The van der Waals surface area contributed by atoms with Crippen LogP contribution in [-0.4, -0.2) is 48.8 Å². The van der Waals surface area contributed by atoms with Crippen molar-refractivity contribution < 1.29 is 14.3 Å². The van der Waals surface area contributed by atoms with Gasteiger partial charge in [0.2, 0.25) is 5.91 Å². The van der Waals surface area contributed by atoms with Gasteiger partial charge in [-0.15, -0.1) is 6.58 Å². The third-order valence-corrected chi connectivity index (χ3v) is 4.86. The van der Waals surface area contributed by atoms with Crippen LogP contribution in [0, 0.1) is 5.92 Å². The minimum absolute atomic E-state index is 0.0433. The predicted molar refractivity (Wildman–Crippen MR) is 80.9 cm³/mol. The number of rotatable bonds is 4. The van der Waals surface area contributed by atoms with E-state index in [1.165, 1.54) is 0 Å². The first kappa shape index (κ1) is 14.8. The number of morpholine rings is 1. The molecule has 0 aromatic carbocycles. The summed E-state index contributed by atoms with van der Waals surface area (Å²) in [6, 6.07) is 0.201. The van der Waals surface area contributed by atoms with Crippen molar-refractivity contribution in [3.05, 3.63) is 24.8 Å². The van der Waals surface area contributed by atoms with Gasteiger partial charge in [0.15, 0.2) is 0 Å². The van der Waals surface area contributed by atoms with Crippen molar-refractivity contribution in [2.45, 2.75) is 50.4 Å². The summed E-state index contributed by atoms with van der Waals surface area (Å²) in [5, 5.41) is 0. The molecule has 116 valence electrons. The number of hydrogen-bond acceptors (Lipinski definition) is 3. The van der Waals surface area contributed by atoms with Crippen LogP contribution in [0.4, 0.5) is 0 Å². The summed E-state index contributed by atoms with van der Waals surface area (Å²) in [4.78, 5) is 14.9. The maximum atomic E-state index is 12.8. The van der Waals surface area contributed by atoms with Crippen molar-refractivity contribution in [1.82, 2.24) is 4.90 Å². The van der Waals surface area contributed by atoms with Gasteiger partial charge < -0.3 is 14.4 Å². The second-order valence-electron chi connectivity index (χ2n) is 6.15. The minimum Gasteiger partial charge on any atom is -0.372 e. The van der Waals surface area contributed by atoms with Crippen molar-refractivity contribution in [1.29, 1.82) is 0 Å². The molecule has 3 aliphatic rings. The van der Waals surface area contributed by atoms with Crippen molar-refractivity contribution in [3.8, 4) is 0 Å². The number of carbonyl (C=O) groups is 1. The zero-order chi connectivity index (χ0) is 14.7. The number of ether oxygens (including phenoxy) is 2. The molecule has 0 aromatic heterocycles. The lowest BCUT2D eigenvalue weighted by molar-refractivity contribution is -0.155. The van der Waals surface area contributed by atoms with Crippen molar-refractivity contribution in [3.63, 3.8) is 0 Å². The van der Waals surface area contributed by atoms with Gasteiger partial charge >= 0.3 is 0 Å². The first-order valence-corrected chi connectivity index (χ1v) is 8.11. The fourth-order valence-corrected chi connectivity index (χ4v) is 3.81. The largest absolute Gasteiger partial charge is 0.372 e. The number of fused-ring (bicyclic) bond motifs is 1. The van der Waals surface area contributed by atoms with Crippen LogP contribution in [0.5, 0.6) is 0 Å². The summed E-state index contributed by atoms with van der Waals surface area (Å²) in [5.41, 5.74) is 0. The maximum absolute atomic E-state index is 12.8. The molecule has 4 nitrogen and oxygen atoms in total. The number of amides is 1. The molecule has 1 heterocycles. The van der Waals surface area contributed by atoms with E-state index < -0.39 is 0 Å². The van der Waals surface area contributed by atoms with Crippen LogP contribution in [0.3, 0.4) is 0 Å². The van der Waals surface area contributed by atoms with E-state index in [9.17, 15) is 4.79 Å². The molecule has 1 saturated carbocycles. The lowest BCUT2D eigenvalue weighted by Gasteiger charge is -2.40. The van der Waals surface area contributed by atoms with Gasteiger partial charge in [-0.2, -0.15) is 0 Å². The monoisotopic (exact) mass is 291 g/mol. The lowest BCUT2D eigenvalue weighted by Crippen LogP contribution is -2.55. The van der Waals surface area contributed by atoms with Crippen molar-refractivity contribution in [2.75, 3.05) is 19.8 Å². The summed E-state index contributed by atoms with van der Waals surface area (Å²) < 4.78 is 11.7. The Balaban J connectivity index is 1.65. The molecule has 1 aliphatic heterocycles. The van der Waals surface area contributed by atoms with Gasteiger partial charge in [0.25, 0.3) is 0 Å². The van der Waals surface area contributed by atoms with Crippen LogP contribution in [-0.2, 0) is 14.3 Å². The lowest BCUT2D eigenvalue weighted by atomic mass is 9.92. The van der Waals surface area contributed by atoms with Crippen LogP contribution in [0.1, 0.15) is 32.1 Å². The number of nitrogens with zero attached hydrogens (tertiary/aromatic N) is 1. The van der Waals surface area contributed by atoms with Gasteiger partial charge in [0.1, 0.15) is 6.10 Å². The molecule has 0 aromatic rings. The zero-order valence-corrected chi connectivity index (χ0v) is 12.6. The average Bonchev–Trinajstić information content (AvgIpc) is 2.96. The van der Waals surface area contributed by atoms with Crippen LogP contribution in [0.15, 0.2) is 24.8 Å². The summed E-state index contributed by atoms with van der Waals surface area (Å²) in [7, 11) is 0. The standard InChI is InChI=1S/C17H25NO3/c1-2-11-20-15-9-8-14-16(15)21-12-10-18(14)17(19)13-6-4-3-5-7-13/h2-4,13-16H,1,5-12H2/t13-,14-,15+,16+/m0/s1. The molecule has 1 amide bonds. The fourth-order valence-electron chi connectivity index (χ4n) is 3.81. The van der Waals surface area contributed by atoms with E-state index in [-0.39, 0.29) is 24.2 Å². The van der Waals surface area contributed by atoms with Crippen LogP contribution < -0.4 is 0 Å². The Morgan fingerprint density at radius 2 is 2.29 bits per heavy atom. The second kappa shape index (κ2) is 6.75. The summed E-state index contributed by atoms with van der Waals surface area (Å²) in [6.45, 7) is 5.61. The highest BCUT2D eigenvalue weighted by Gasteiger charge is 2.45. The Hall–Kier alpha value is -1.13. The van der Waals surface area contributed by atoms with E-state index in [4.69, 9.17) is 9.47 Å². The van der Waals surface area contributed by atoms with Crippen LogP contribution >= 0.6 is 0 Å². The van der Waals surface area contributed by atoms with Gasteiger partial charge in [-0.05, 0) is 32.1 Å². The van der Waals surface area contributed by atoms with Crippen LogP contribution in [0.2, 0.25) is 0 Å². The Morgan fingerprint density at radius 1 is 1.38 bits per heavy atom. The molecule has 2 fully saturated rings. The highest BCUT2D eigenvalue weighted by molar-refractivity contribution is 5.79. The number of hydrogen-bond donors (Lipinski definition) is 0. The van der Waals surface area contributed by atoms with E-state index in [2.05, 4.69) is 23.6 Å². The Bertz CT molecular complexity index is 420. The average molecular weight is 291 g/mol. The molecule has 0 unspecified atom stereocenters. The summed E-state index contributed by atoms with van der Waals surface area (Å²) in [5.74, 6) is 0.490. The SMILES string of the molecule is C=CCO[C@@H]1CC[C@H]2[C@H]1OCCN2C(=O)[C@H]1CC=CCC1. The van der Waals surface area contributed by atoms with Gasteiger partial charge in [-0.25, -0.2) is 0 Å². The smallest absolute Gasteiger partial charge is 0.226 e. The third kappa shape index (κ3) is 3.06. The Labute approximate surface area is 126 Å². The quantitative estimate of drug-likeness (QED) is 0.746. The fraction of sp³-hybridized carbons (Fsp3) is 0.706. The Morgan fingerprint density at radius 3 is 3.05 bits per heavy atom. The van der Waals surface area contributed by atoms with E-state index in [0.717, 1.165) is 38.6 Å². The molecule has 0 N–H and O–H groups in total. The highest BCUT2D eigenvalue weighted by atomic mass is 16.5. The molecular formula is C17H25NO3. The van der Waals surface area contributed by atoms with Crippen LogP contribution in [0.25, 0.3) is 0 Å². The normalized spacial score (nSPS) is 35.5. The molecule has 0 radical (unpaired) electrons. The van der Waals surface area contributed by atoms with E-state index in [0.29, 0.717) is 19.1 Å². The molecule has 21 heavy (non-hydrogen) atoms. The molecule has 3 rings (SSSR count). The summed E-state index contributed by atoms with van der Waals surface area (Å²) >= 11 is 0. The van der Waals surface area contributed by atoms with Gasteiger partial charge in [-0.3, -0.25) is 4.79 Å². The zero-order valence-electron chi connectivity index (χ0n) is 12.6. The summed E-state index contributed by atoms with van der Waals surface area (Å²) in [6.07, 6.45) is 11.1. The molecule has 2 aliphatic carbocycles. The van der Waals surface area contributed by atoms with E-state index in [1.807, 2.05) is 0 Å². The first-order valence-electron chi connectivity index (χ1n) is 8.11. The van der Waals surface area contributed by atoms with Gasteiger partial charge in [-0.1, -0.05) is 18.2 Å². The van der Waals surface area contributed by atoms with Crippen molar-refractivity contribution in [2.24, 2.45) is 5.92 Å². The van der Waals surface area contributed by atoms with Crippen molar-refractivity contribution >= 4 is 5.91 Å². The minimum atomic E-state index is 0.0433. The van der Waals surface area contributed by atoms with Gasteiger partial charge in [0, 0.05) is 12.5 Å². The predicted octanol–water partition coefficient (Wildman–Crippen LogP) is 2.30. The topological polar surface area (TPSA) is 38.8 Å². The Kier molecular flexibility index (Phi) is 4.76. The molecule has 4 heteroatoms. The third-order valence-electron chi connectivity index (χ3n) is 4.86. The number of allylic oxidation sites excluding steroid dienone is 2. The maximum Gasteiger partial charge on any atom is 0.226 e. The molecule has 4 atom stereocenters. The first-order chi connectivity index (χ1) is 10.3. The molecule has 0 spiro atoms.